The Kier molecular flexibility index (Phi) is 2.86. The third kappa shape index (κ3) is 1.96. The van der Waals surface area contributed by atoms with E-state index in [-0.39, 0.29) is 6.10 Å². The van der Waals surface area contributed by atoms with Crippen LogP contribution >= 0.6 is 11.3 Å². The van der Waals surface area contributed by atoms with E-state index in [1.165, 1.54) is 4.70 Å². The largest absolute Gasteiger partial charge is 0.370 e. The molecule has 0 bridgehead atoms. The molecule has 1 N–H and O–H groups in total. The molecule has 16 heavy (non-hydrogen) atoms. The van der Waals surface area contributed by atoms with E-state index in [2.05, 4.69) is 28.5 Å². The van der Waals surface area contributed by atoms with Gasteiger partial charge in [-0.3, -0.25) is 0 Å². The Hall–Kier alpha value is -0.970. The Bertz CT molecular complexity index is 442. The van der Waals surface area contributed by atoms with Crippen LogP contribution in [-0.4, -0.2) is 24.7 Å². The van der Waals surface area contributed by atoms with Gasteiger partial charge in [0.2, 0.25) is 0 Å². The van der Waals surface area contributed by atoms with Crippen molar-refractivity contribution >= 4 is 21.6 Å². The zero-order valence-corrected chi connectivity index (χ0v) is 9.80. The number of rotatable bonds is 1. The van der Waals surface area contributed by atoms with Crippen LogP contribution in [0, 0.1) is 0 Å². The Labute approximate surface area is 98.5 Å². The highest BCUT2D eigenvalue weighted by molar-refractivity contribution is 7.18. The molecule has 84 valence electrons. The molecule has 1 unspecified atom stereocenters. The van der Waals surface area contributed by atoms with Gasteiger partial charge in [0.1, 0.15) is 11.1 Å². The summed E-state index contributed by atoms with van der Waals surface area (Å²) < 4.78 is 7.05. The highest BCUT2D eigenvalue weighted by Crippen LogP contribution is 2.28. The molecule has 1 saturated heterocycles. The molecule has 4 heteroatoms. The van der Waals surface area contributed by atoms with Crippen molar-refractivity contribution in [2.24, 2.45) is 0 Å². The van der Waals surface area contributed by atoms with Gasteiger partial charge in [-0.05, 0) is 25.1 Å². The first-order chi connectivity index (χ1) is 7.93. The van der Waals surface area contributed by atoms with Crippen LogP contribution in [0.25, 0.3) is 10.2 Å². The Morgan fingerprint density at radius 1 is 1.38 bits per heavy atom. The van der Waals surface area contributed by atoms with E-state index in [0.29, 0.717) is 0 Å². The fourth-order valence-corrected chi connectivity index (χ4v) is 2.92. The van der Waals surface area contributed by atoms with Crippen LogP contribution in [0.15, 0.2) is 24.3 Å². The summed E-state index contributed by atoms with van der Waals surface area (Å²) in [5, 5.41) is 4.47. The highest BCUT2D eigenvalue weighted by atomic mass is 32.1. The summed E-state index contributed by atoms with van der Waals surface area (Å²) >= 11 is 1.74. The number of aromatic nitrogens is 1. The van der Waals surface area contributed by atoms with Crippen molar-refractivity contribution in [3.8, 4) is 0 Å². The lowest BCUT2D eigenvalue weighted by atomic mass is 10.3. The van der Waals surface area contributed by atoms with Crippen LogP contribution in [-0.2, 0) is 4.74 Å². The minimum Gasteiger partial charge on any atom is -0.370 e. The molecule has 1 atom stereocenters. The molecule has 0 amide bonds. The van der Waals surface area contributed by atoms with Crippen LogP contribution in [0.2, 0.25) is 0 Å². The number of hydrogen-bond acceptors (Lipinski definition) is 4. The van der Waals surface area contributed by atoms with Crippen molar-refractivity contribution in [1.82, 2.24) is 10.3 Å². The fraction of sp³-hybridized carbons (Fsp3) is 0.417. The molecular formula is C12H14N2OS. The molecule has 1 aliphatic rings. The second kappa shape index (κ2) is 4.49. The second-order valence-electron chi connectivity index (χ2n) is 3.94. The van der Waals surface area contributed by atoms with Gasteiger partial charge in [0.25, 0.3) is 0 Å². The summed E-state index contributed by atoms with van der Waals surface area (Å²) in [5.74, 6) is 0. The Morgan fingerprint density at radius 2 is 2.31 bits per heavy atom. The maximum atomic E-state index is 5.80. The smallest absolute Gasteiger partial charge is 0.124 e. The van der Waals surface area contributed by atoms with Crippen molar-refractivity contribution in [3.63, 3.8) is 0 Å². The summed E-state index contributed by atoms with van der Waals surface area (Å²) in [6, 6.07) is 8.24. The van der Waals surface area contributed by atoms with Gasteiger partial charge in [0.15, 0.2) is 0 Å². The Balaban J connectivity index is 1.92. The van der Waals surface area contributed by atoms with Gasteiger partial charge in [-0.25, -0.2) is 4.98 Å². The van der Waals surface area contributed by atoms with E-state index in [9.17, 15) is 0 Å². The summed E-state index contributed by atoms with van der Waals surface area (Å²) in [5.41, 5.74) is 1.08. The van der Waals surface area contributed by atoms with Crippen LogP contribution in [0.4, 0.5) is 0 Å². The number of para-hydroxylation sites is 1. The molecule has 2 heterocycles. The van der Waals surface area contributed by atoms with Gasteiger partial charge in [-0.1, -0.05) is 12.1 Å². The van der Waals surface area contributed by atoms with Gasteiger partial charge in [-0.2, -0.15) is 0 Å². The zero-order chi connectivity index (χ0) is 10.8. The number of fused-ring (bicyclic) bond motifs is 1. The van der Waals surface area contributed by atoms with Gasteiger partial charge in [-0.15, -0.1) is 11.3 Å². The normalized spacial score (nSPS) is 22.1. The molecule has 1 aromatic carbocycles. The maximum absolute atomic E-state index is 5.80. The minimum absolute atomic E-state index is 0.125. The summed E-state index contributed by atoms with van der Waals surface area (Å²) in [6.45, 7) is 2.74. The molecule has 1 aliphatic heterocycles. The van der Waals surface area contributed by atoms with Gasteiger partial charge in [0.05, 0.1) is 10.2 Å². The lowest BCUT2D eigenvalue weighted by molar-refractivity contribution is 0.0668. The first kappa shape index (κ1) is 10.2. The van der Waals surface area contributed by atoms with Crippen molar-refractivity contribution < 1.29 is 4.74 Å². The third-order valence-corrected chi connectivity index (χ3v) is 3.86. The van der Waals surface area contributed by atoms with E-state index in [1.807, 2.05) is 6.07 Å². The van der Waals surface area contributed by atoms with Gasteiger partial charge < -0.3 is 10.1 Å². The molecule has 3 nitrogen and oxygen atoms in total. The maximum Gasteiger partial charge on any atom is 0.124 e. The van der Waals surface area contributed by atoms with Crippen LogP contribution in [0.1, 0.15) is 17.5 Å². The van der Waals surface area contributed by atoms with Crippen molar-refractivity contribution in [3.05, 3.63) is 29.3 Å². The number of ether oxygens (including phenoxy) is 1. The summed E-state index contributed by atoms with van der Waals surface area (Å²) in [7, 11) is 0. The van der Waals surface area contributed by atoms with Crippen molar-refractivity contribution in [1.29, 1.82) is 0 Å². The molecule has 3 rings (SSSR count). The average Bonchev–Trinajstić information content (AvgIpc) is 2.56. The quantitative estimate of drug-likeness (QED) is 0.822. The standard InChI is InChI=1S/C12H14N2OS/c1-2-5-11-9(4-1)14-12(16-11)10-8-13-6-3-7-15-10/h1-2,4-5,10,13H,3,6-8H2. The molecule has 0 spiro atoms. The molecule has 2 aromatic rings. The van der Waals surface area contributed by atoms with Crippen LogP contribution in [0.3, 0.4) is 0 Å². The molecule has 0 saturated carbocycles. The number of hydrogen-bond donors (Lipinski definition) is 1. The lowest BCUT2D eigenvalue weighted by Gasteiger charge is -2.10. The van der Waals surface area contributed by atoms with Crippen molar-refractivity contribution in [2.45, 2.75) is 12.5 Å². The lowest BCUT2D eigenvalue weighted by Crippen LogP contribution is -2.19. The molecule has 0 radical (unpaired) electrons. The van der Waals surface area contributed by atoms with Crippen molar-refractivity contribution in [2.75, 3.05) is 19.7 Å². The highest BCUT2D eigenvalue weighted by Gasteiger charge is 2.18. The molecule has 0 aliphatic carbocycles. The number of benzene rings is 1. The van der Waals surface area contributed by atoms with E-state index < -0.39 is 0 Å². The Morgan fingerprint density at radius 3 is 3.25 bits per heavy atom. The topological polar surface area (TPSA) is 34.1 Å². The van der Waals surface area contributed by atoms with Crippen LogP contribution < -0.4 is 5.32 Å². The first-order valence-electron chi connectivity index (χ1n) is 5.61. The van der Waals surface area contributed by atoms with E-state index in [4.69, 9.17) is 4.74 Å². The fourth-order valence-electron chi connectivity index (χ4n) is 1.90. The van der Waals surface area contributed by atoms with Crippen LogP contribution in [0.5, 0.6) is 0 Å². The summed E-state index contributed by atoms with van der Waals surface area (Å²) in [4.78, 5) is 4.63. The average molecular weight is 234 g/mol. The third-order valence-electron chi connectivity index (χ3n) is 2.73. The summed E-state index contributed by atoms with van der Waals surface area (Å²) in [6.07, 6.45) is 1.21. The minimum atomic E-state index is 0.125. The number of nitrogens with zero attached hydrogens (tertiary/aromatic N) is 1. The zero-order valence-electron chi connectivity index (χ0n) is 8.98. The molecule has 1 aromatic heterocycles. The predicted octanol–water partition coefficient (Wildman–Crippen LogP) is 2.35. The van der Waals surface area contributed by atoms with Gasteiger partial charge >= 0.3 is 0 Å². The monoisotopic (exact) mass is 234 g/mol. The van der Waals surface area contributed by atoms with E-state index >= 15 is 0 Å². The molecule has 1 fully saturated rings. The van der Waals surface area contributed by atoms with E-state index in [0.717, 1.165) is 36.6 Å². The van der Waals surface area contributed by atoms with E-state index in [1.54, 1.807) is 11.3 Å². The second-order valence-corrected chi connectivity index (χ2v) is 5.00. The predicted molar refractivity (Wildman–Crippen MR) is 65.8 cm³/mol. The number of thiazole rings is 1. The van der Waals surface area contributed by atoms with Gasteiger partial charge in [0, 0.05) is 13.2 Å². The number of nitrogens with one attached hydrogen (secondary N) is 1. The first-order valence-corrected chi connectivity index (χ1v) is 6.43. The molecular weight excluding hydrogens is 220 g/mol. The SMILES string of the molecule is c1ccc2sc(C3CNCCCO3)nc2c1.